The molecule has 3 aliphatic heterocycles. The maximum absolute atomic E-state index is 10.6. The quantitative estimate of drug-likeness (QED) is 0.641. The van der Waals surface area contributed by atoms with Crippen LogP contribution in [0.25, 0.3) is 0 Å². The summed E-state index contributed by atoms with van der Waals surface area (Å²) in [5, 5.41) is 31.5. The molecule has 3 N–H and O–H groups in total. The number of hydrogen-bond donors (Lipinski definition) is 3. The average molecular weight is 449 g/mol. The highest BCUT2D eigenvalue weighted by molar-refractivity contribution is 6.31. The van der Waals surface area contributed by atoms with Crippen LogP contribution in [-0.2, 0) is 26.4 Å². The Balaban J connectivity index is 1.36. The van der Waals surface area contributed by atoms with E-state index >= 15 is 0 Å². The summed E-state index contributed by atoms with van der Waals surface area (Å²) in [5.41, 5.74) is 2.42. The Bertz CT molecular complexity index is 930. The van der Waals surface area contributed by atoms with E-state index in [4.69, 9.17) is 30.5 Å². The molecule has 3 heterocycles. The van der Waals surface area contributed by atoms with Crippen LogP contribution in [0.4, 0.5) is 0 Å². The fourth-order valence-electron chi connectivity index (χ4n) is 4.41. The number of ether oxygens (including phenoxy) is 4. The van der Waals surface area contributed by atoms with Crippen molar-refractivity contribution >= 4 is 11.6 Å². The fraction of sp³-hybridized carbons (Fsp3) is 0.478. The Hall–Kier alpha value is -1.71. The van der Waals surface area contributed by atoms with Crippen molar-refractivity contribution in [3.8, 4) is 5.75 Å². The molecule has 0 aromatic heterocycles. The number of fused-ring (bicyclic) bond motifs is 2. The maximum Gasteiger partial charge on any atom is 0.225 e. The molecule has 2 aromatic rings. The number of halogens is 1. The molecule has 3 aliphatic rings. The second kappa shape index (κ2) is 8.33. The normalized spacial score (nSPS) is 34.8. The number of rotatable bonds is 5. The SMILES string of the molecule is O[C@H]1[C@H](O)[C@H]2COC(c3ccc(Cl)c(Cc4ccc(O[C@H]5CCOC5)cc4)c3)(O2)[C@@H]1O. The van der Waals surface area contributed by atoms with Crippen LogP contribution < -0.4 is 4.74 Å². The first-order valence-corrected chi connectivity index (χ1v) is 10.8. The first kappa shape index (κ1) is 21.2. The molecular formula is C23H25ClO7. The van der Waals surface area contributed by atoms with Crippen molar-refractivity contribution in [1.29, 1.82) is 0 Å². The summed E-state index contributed by atoms with van der Waals surface area (Å²) in [7, 11) is 0. The van der Waals surface area contributed by atoms with E-state index in [0.29, 0.717) is 23.6 Å². The molecule has 2 aromatic carbocycles. The lowest BCUT2D eigenvalue weighted by Crippen LogP contribution is -2.58. The molecule has 0 amide bonds. The molecule has 3 fully saturated rings. The third-order valence-electron chi connectivity index (χ3n) is 6.19. The smallest absolute Gasteiger partial charge is 0.225 e. The van der Waals surface area contributed by atoms with Gasteiger partial charge in [0, 0.05) is 17.0 Å². The minimum Gasteiger partial charge on any atom is -0.488 e. The molecule has 31 heavy (non-hydrogen) atoms. The van der Waals surface area contributed by atoms with E-state index in [2.05, 4.69) is 0 Å². The number of aliphatic hydroxyl groups excluding tert-OH is 3. The Morgan fingerprint density at radius 3 is 2.58 bits per heavy atom. The molecule has 3 saturated heterocycles. The van der Waals surface area contributed by atoms with Crippen LogP contribution in [0, 0.1) is 0 Å². The Labute approximate surface area is 185 Å². The van der Waals surface area contributed by atoms with Gasteiger partial charge in [-0.05, 0) is 41.8 Å². The first-order valence-electron chi connectivity index (χ1n) is 10.4. The third-order valence-corrected chi connectivity index (χ3v) is 6.56. The van der Waals surface area contributed by atoms with Gasteiger partial charge in [0.2, 0.25) is 5.79 Å². The maximum atomic E-state index is 10.6. The molecule has 0 spiro atoms. The van der Waals surface area contributed by atoms with Gasteiger partial charge in [-0.15, -0.1) is 0 Å². The molecule has 166 valence electrons. The second-order valence-corrected chi connectivity index (χ2v) is 8.70. The van der Waals surface area contributed by atoms with Crippen molar-refractivity contribution < 1.29 is 34.3 Å². The highest BCUT2D eigenvalue weighted by Gasteiger charge is 2.60. The number of hydrogen-bond acceptors (Lipinski definition) is 7. The molecule has 5 rings (SSSR count). The topological polar surface area (TPSA) is 97.6 Å². The van der Waals surface area contributed by atoms with Crippen LogP contribution in [0.1, 0.15) is 23.1 Å². The lowest BCUT2D eigenvalue weighted by Gasteiger charge is -2.41. The Morgan fingerprint density at radius 1 is 1.03 bits per heavy atom. The van der Waals surface area contributed by atoms with Gasteiger partial charge in [0.15, 0.2) is 0 Å². The predicted octanol–water partition coefficient (Wildman–Crippen LogP) is 1.76. The van der Waals surface area contributed by atoms with Crippen molar-refractivity contribution in [3.05, 3.63) is 64.2 Å². The number of benzene rings is 2. The molecule has 2 bridgehead atoms. The van der Waals surface area contributed by atoms with Crippen LogP contribution in [0.2, 0.25) is 5.02 Å². The van der Waals surface area contributed by atoms with E-state index in [0.717, 1.165) is 29.9 Å². The zero-order valence-corrected chi connectivity index (χ0v) is 17.6. The van der Waals surface area contributed by atoms with E-state index in [1.165, 1.54) is 0 Å². The van der Waals surface area contributed by atoms with Gasteiger partial charge in [-0.25, -0.2) is 0 Å². The van der Waals surface area contributed by atoms with Crippen LogP contribution in [0.15, 0.2) is 42.5 Å². The average Bonchev–Trinajstić information content (AvgIpc) is 3.44. The van der Waals surface area contributed by atoms with E-state index in [9.17, 15) is 15.3 Å². The third kappa shape index (κ3) is 3.85. The van der Waals surface area contributed by atoms with E-state index < -0.39 is 30.2 Å². The van der Waals surface area contributed by atoms with Crippen molar-refractivity contribution in [1.82, 2.24) is 0 Å². The molecule has 0 saturated carbocycles. The van der Waals surface area contributed by atoms with Gasteiger partial charge in [0.25, 0.3) is 0 Å². The monoisotopic (exact) mass is 448 g/mol. The molecule has 1 unspecified atom stereocenters. The van der Waals surface area contributed by atoms with Gasteiger partial charge in [0.1, 0.15) is 36.3 Å². The summed E-state index contributed by atoms with van der Waals surface area (Å²) in [4.78, 5) is 0. The summed E-state index contributed by atoms with van der Waals surface area (Å²) < 4.78 is 22.9. The molecule has 0 radical (unpaired) electrons. The molecule has 7 nitrogen and oxygen atoms in total. The summed E-state index contributed by atoms with van der Waals surface area (Å²) in [6, 6.07) is 13.1. The van der Waals surface area contributed by atoms with E-state index in [1.807, 2.05) is 30.3 Å². The van der Waals surface area contributed by atoms with Crippen molar-refractivity contribution in [2.45, 2.75) is 49.1 Å². The minimum absolute atomic E-state index is 0.0841. The van der Waals surface area contributed by atoms with Crippen molar-refractivity contribution in [2.24, 2.45) is 0 Å². The highest BCUT2D eigenvalue weighted by Crippen LogP contribution is 2.45. The highest BCUT2D eigenvalue weighted by atomic mass is 35.5. The molecule has 8 heteroatoms. The van der Waals surface area contributed by atoms with Gasteiger partial charge < -0.3 is 34.3 Å². The van der Waals surface area contributed by atoms with Crippen LogP contribution in [-0.4, -0.2) is 65.7 Å². The van der Waals surface area contributed by atoms with Gasteiger partial charge in [-0.2, -0.15) is 0 Å². The molecular weight excluding hydrogens is 424 g/mol. The van der Waals surface area contributed by atoms with Gasteiger partial charge in [0.05, 0.1) is 19.8 Å². The Morgan fingerprint density at radius 2 is 1.84 bits per heavy atom. The predicted molar refractivity (Wildman–Crippen MR) is 111 cm³/mol. The largest absolute Gasteiger partial charge is 0.488 e. The summed E-state index contributed by atoms with van der Waals surface area (Å²) >= 11 is 6.44. The minimum atomic E-state index is -1.52. The Kier molecular flexibility index (Phi) is 5.68. The second-order valence-electron chi connectivity index (χ2n) is 8.29. The zero-order chi connectivity index (χ0) is 21.6. The van der Waals surface area contributed by atoms with E-state index in [1.54, 1.807) is 12.1 Å². The first-order chi connectivity index (χ1) is 15.0. The van der Waals surface area contributed by atoms with Crippen LogP contribution >= 0.6 is 11.6 Å². The van der Waals surface area contributed by atoms with Gasteiger partial charge in [-0.3, -0.25) is 0 Å². The van der Waals surface area contributed by atoms with Crippen LogP contribution in [0.5, 0.6) is 5.75 Å². The summed E-state index contributed by atoms with van der Waals surface area (Å²) in [6.07, 6.45) is -3.13. The standard InChI is InChI=1S/C23H25ClO7/c24-18-6-3-15(23-22(27)21(26)20(25)19(31-23)12-29-23)10-14(18)9-13-1-4-16(5-2-13)30-17-7-8-28-11-17/h1-6,10,17,19-22,25-27H,7-9,11-12H2/t17-,19+,20+,21-,22+,23?/m0/s1. The molecule has 0 aliphatic carbocycles. The lowest BCUT2D eigenvalue weighted by atomic mass is 9.89. The van der Waals surface area contributed by atoms with Crippen LogP contribution in [0.3, 0.4) is 0 Å². The fourth-order valence-corrected chi connectivity index (χ4v) is 4.59. The van der Waals surface area contributed by atoms with Crippen molar-refractivity contribution in [3.63, 3.8) is 0 Å². The molecule has 6 atom stereocenters. The zero-order valence-electron chi connectivity index (χ0n) is 16.8. The van der Waals surface area contributed by atoms with E-state index in [-0.39, 0.29) is 12.7 Å². The van der Waals surface area contributed by atoms with Gasteiger partial charge >= 0.3 is 0 Å². The summed E-state index contributed by atoms with van der Waals surface area (Å²) in [5.74, 6) is -0.723. The lowest BCUT2D eigenvalue weighted by molar-refractivity contribution is -0.302. The summed E-state index contributed by atoms with van der Waals surface area (Å²) in [6.45, 7) is 1.44. The van der Waals surface area contributed by atoms with Gasteiger partial charge in [-0.1, -0.05) is 29.8 Å². The van der Waals surface area contributed by atoms with Crippen molar-refractivity contribution in [2.75, 3.05) is 19.8 Å². The number of aliphatic hydroxyl groups is 3.